The van der Waals surface area contributed by atoms with Crippen LogP contribution in [0.4, 0.5) is 5.82 Å². The summed E-state index contributed by atoms with van der Waals surface area (Å²) in [5.74, 6) is 1.12. The quantitative estimate of drug-likeness (QED) is 0.771. The third-order valence-corrected chi connectivity index (χ3v) is 3.07. The summed E-state index contributed by atoms with van der Waals surface area (Å²) in [5, 5.41) is 6.26. The monoisotopic (exact) mass is 292 g/mol. The van der Waals surface area contributed by atoms with E-state index >= 15 is 0 Å². The molecule has 0 aliphatic rings. The lowest BCUT2D eigenvalue weighted by Gasteiger charge is -2.24. The van der Waals surface area contributed by atoms with E-state index < -0.39 is 0 Å². The number of hydrogen-bond donors (Lipinski definition) is 2. The summed E-state index contributed by atoms with van der Waals surface area (Å²) in [5.41, 5.74) is 0.604. The highest BCUT2D eigenvalue weighted by Crippen LogP contribution is 2.13. The zero-order valence-corrected chi connectivity index (χ0v) is 13.8. The lowest BCUT2D eigenvalue weighted by Crippen LogP contribution is -2.42. The van der Waals surface area contributed by atoms with Gasteiger partial charge in [0.1, 0.15) is 5.82 Å². The Labute approximate surface area is 128 Å². The van der Waals surface area contributed by atoms with E-state index in [0.717, 1.165) is 19.5 Å². The summed E-state index contributed by atoms with van der Waals surface area (Å²) in [4.78, 5) is 18.8. The highest BCUT2D eigenvalue weighted by Gasteiger charge is 2.18. The molecular formula is C16H28N4O. The molecule has 0 aliphatic heterocycles. The standard InChI is InChI=1S/C16H28N4O/c1-6-17-15-14(8-7-9-18-15)16(21)19-13(10-12(2)3)11-20(4)5/h7-9,12-13H,6,10-11H2,1-5H3,(H,17,18)(H,19,21). The Bertz CT molecular complexity index is 436. The van der Waals surface area contributed by atoms with Crippen molar-refractivity contribution in [2.75, 3.05) is 32.5 Å². The van der Waals surface area contributed by atoms with Gasteiger partial charge < -0.3 is 15.5 Å². The average molecular weight is 292 g/mol. The number of aromatic nitrogens is 1. The van der Waals surface area contributed by atoms with Gasteiger partial charge in [0.2, 0.25) is 0 Å². The Morgan fingerprint density at radius 3 is 2.67 bits per heavy atom. The summed E-state index contributed by atoms with van der Waals surface area (Å²) < 4.78 is 0. The molecule has 0 spiro atoms. The van der Waals surface area contributed by atoms with Gasteiger partial charge in [-0.15, -0.1) is 0 Å². The molecule has 1 aromatic rings. The molecule has 1 heterocycles. The van der Waals surface area contributed by atoms with Crippen LogP contribution < -0.4 is 10.6 Å². The predicted octanol–water partition coefficient (Wildman–Crippen LogP) is 2.22. The maximum absolute atomic E-state index is 12.5. The Morgan fingerprint density at radius 2 is 2.10 bits per heavy atom. The molecule has 0 bridgehead atoms. The van der Waals surface area contributed by atoms with Crippen LogP contribution in [-0.4, -0.2) is 49.0 Å². The van der Waals surface area contributed by atoms with Crippen LogP contribution in [0.15, 0.2) is 18.3 Å². The van der Waals surface area contributed by atoms with Gasteiger partial charge >= 0.3 is 0 Å². The molecule has 0 aromatic carbocycles. The first-order valence-corrected chi connectivity index (χ1v) is 7.58. The number of pyridine rings is 1. The zero-order valence-electron chi connectivity index (χ0n) is 13.8. The number of anilines is 1. The van der Waals surface area contributed by atoms with E-state index in [4.69, 9.17) is 0 Å². The molecule has 0 aliphatic carbocycles. The maximum Gasteiger partial charge on any atom is 0.255 e. The van der Waals surface area contributed by atoms with E-state index in [2.05, 4.69) is 34.4 Å². The van der Waals surface area contributed by atoms with Crippen LogP contribution in [0.2, 0.25) is 0 Å². The van der Waals surface area contributed by atoms with Gasteiger partial charge in [-0.1, -0.05) is 13.8 Å². The van der Waals surface area contributed by atoms with Crippen molar-refractivity contribution < 1.29 is 4.79 Å². The lowest BCUT2D eigenvalue weighted by molar-refractivity contribution is 0.0925. The molecule has 1 rings (SSSR count). The fourth-order valence-corrected chi connectivity index (χ4v) is 2.35. The van der Waals surface area contributed by atoms with Crippen molar-refractivity contribution in [3.8, 4) is 0 Å². The Morgan fingerprint density at radius 1 is 1.38 bits per heavy atom. The molecule has 0 saturated heterocycles. The number of nitrogens with zero attached hydrogens (tertiary/aromatic N) is 2. The molecule has 118 valence electrons. The van der Waals surface area contributed by atoms with Crippen LogP contribution >= 0.6 is 0 Å². The molecular weight excluding hydrogens is 264 g/mol. The van der Waals surface area contributed by atoms with Crippen LogP contribution in [0, 0.1) is 5.92 Å². The van der Waals surface area contributed by atoms with Crippen molar-refractivity contribution in [3.05, 3.63) is 23.9 Å². The molecule has 5 heteroatoms. The third kappa shape index (κ3) is 6.12. The summed E-state index contributed by atoms with van der Waals surface area (Å²) in [7, 11) is 4.04. The van der Waals surface area contributed by atoms with Crippen molar-refractivity contribution in [1.29, 1.82) is 0 Å². The molecule has 21 heavy (non-hydrogen) atoms. The van der Waals surface area contributed by atoms with Crippen molar-refractivity contribution in [2.24, 2.45) is 5.92 Å². The fourth-order valence-electron chi connectivity index (χ4n) is 2.35. The summed E-state index contributed by atoms with van der Waals surface area (Å²) in [6, 6.07) is 3.74. The van der Waals surface area contributed by atoms with Crippen LogP contribution in [0.25, 0.3) is 0 Å². The molecule has 1 aromatic heterocycles. The number of carbonyl (C=O) groups excluding carboxylic acids is 1. The second-order valence-corrected chi connectivity index (χ2v) is 5.99. The molecule has 0 saturated carbocycles. The van der Waals surface area contributed by atoms with Gasteiger partial charge in [-0.3, -0.25) is 4.79 Å². The minimum atomic E-state index is -0.0634. The minimum Gasteiger partial charge on any atom is -0.370 e. The zero-order chi connectivity index (χ0) is 15.8. The number of carbonyl (C=O) groups is 1. The Balaban J connectivity index is 2.81. The third-order valence-electron chi connectivity index (χ3n) is 3.07. The van der Waals surface area contributed by atoms with Gasteiger partial charge in [0.05, 0.1) is 5.56 Å². The van der Waals surface area contributed by atoms with E-state index in [1.165, 1.54) is 0 Å². The normalized spacial score (nSPS) is 12.5. The first-order valence-electron chi connectivity index (χ1n) is 7.58. The van der Waals surface area contributed by atoms with Gasteiger partial charge in [0.25, 0.3) is 5.91 Å². The van der Waals surface area contributed by atoms with Gasteiger partial charge in [0.15, 0.2) is 0 Å². The molecule has 5 nitrogen and oxygen atoms in total. The van der Waals surface area contributed by atoms with Crippen LogP contribution in [0.1, 0.15) is 37.6 Å². The van der Waals surface area contributed by atoms with Crippen LogP contribution in [0.5, 0.6) is 0 Å². The van der Waals surface area contributed by atoms with Gasteiger partial charge in [-0.05, 0) is 45.5 Å². The minimum absolute atomic E-state index is 0.0634. The molecule has 2 N–H and O–H groups in total. The Kier molecular flexibility index (Phi) is 7.15. The Hall–Kier alpha value is -1.62. The van der Waals surface area contributed by atoms with E-state index in [9.17, 15) is 4.79 Å². The average Bonchev–Trinajstić information content (AvgIpc) is 2.38. The largest absolute Gasteiger partial charge is 0.370 e. The summed E-state index contributed by atoms with van der Waals surface area (Å²) >= 11 is 0. The highest BCUT2D eigenvalue weighted by atomic mass is 16.1. The van der Waals surface area contributed by atoms with Crippen LogP contribution in [-0.2, 0) is 0 Å². The SMILES string of the molecule is CCNc1ncccc1C(=O)NC(CC(C)C)CN(C)C. The van der Waals surface area contributed by atoms with E-state index in [0.29, 0.717) is 17.3 Å². The maximum atomic E-state index is 12.5. The summed E-state index contributed by atoms with van der Waals surface area (Å²) in [6.45, 7) is 7.90. The number of nitrogens with one attached hydrogen (secondary N) is 2. The molecule has 0 fully saturated rings. The first-order chi connectivity index (χ1) is 9.93. The fraction of sp³-hybridized carbons (Fsp3) is 0.625. The topological polar surface area (TPSA) is 57.3 Å². The number of hydrogen-bond acceptors (Lipinski definition) is 4. The molecule has 1 amide bonds. The van der Waals surface area contributed by atoms with Gasteiger partial charge in [-0.25, -0.2) is 4.98 Å². The van der Waals surface area contributed by atoms with Gasteiger partial charge in [0, 0.05) is 25.3 Å². The number of rotatable bonds is 8. The second-order valence-electron chi connectivity index (χ2n) is 5.99. The van der Waals surface area contributed by atoms with E-state index in [1.807, 2.05) is 27.1 Å². The van der Waals surface area contributed by atoms with Crippen molar-refractivity contribution >= 4 is 11.7 Å². The number of amides is 1. The smallest absolute Gasteiger partial charge is 0.255 e. The van der Waals surface area contributed by atoms with Crippen molar-refractivity contribution in [2.45, 2.75) is 33.2 Å². The van der Waals surface area contributed by atoms with E-state index in [1.54, 1.807) is 12.3 Å². The molecule has 1 atom stereocenters. The summed E-state index contributed by atoms with van der Waals surface area (Å²) in [6.07, 6.45) is 2.65. The lowest BCUT2D eigenvalue weighted by atomic mass is 10.0. The van der Waals surface area contributed by atoms with Crippen molar-refractivity contribution in [1.82, 2.24) is 15.2 Å². The predicted molar refractivity (Wildman–Crippen MR) is 87.7 cm³/mol. The second kappa shape index (κ2) is 8.62. The van der Waals surface area contributed by atoms with E-state index in [-0.39, 0.29) is 11.9 Å². The van der Waals surface area contributed by atoms with Crippen LogP contribution in [0.3, 0.4) is 0 Å². The number of likely N-dealkylation sites (N-methyl/N-ethyl adjacent to an activating group) is 1. The molecule has 1 unspecified atom stereocenters. The van der Waals surface area contributed by atoms with Gasteiger partial charge in [-0.2, -0.15) is 0 Å². The highest BCUT2D eigenvalue weighted by molar-refractivity contribution is 5.98. The molecule has 0 radical (unpaired) electrons. The van der Waals surface area contributed by atoms with Crippen molar-refractivity contribution in [3.63, 3.8) is 0 Å². The first kappa shape index (κ1) is 17.4.